The van der Waals surface area contributed by atoms with Crippen molar-refractivity contribution in [1.82, 2.24) is 4.98 Å². The SMILES string of the molecule is O=C(Nc1ccc(N2CCN(c3ccccc3)CC2)nc1)[C@@H]1CCCO1. The largest absolute Gasteiger partial charge is 0.368 e. The Hall–Kier alpha value is -2.60. The Morgan fingerprint density at radius 3 is 2.46 bits per heavy atom. The first-order valence-electron chi connectivity index (χ1n) is 9.23. The van der Waals surface area contributed by atoms with E-state index in [1.54, 1.807) is 6.20 Å². The summed E-state index contributed by atoms with van der Waals surface area (Å²) >= 11 is 0. The van der Waals surface area contributed by atoms with Crippen molar-refractivity contribution in [3.05, 3.63) is 48.7 Å². The van der Waals surface area contributed by atoms with Gasteiger partial charge in [-0.2, -0.15) is 0 Å². The Morgan fingerprint density at radius 2 is 1.81 bits per heavy atom. The minimum absolute atomic E-state index is 0.0754. The first kappa shape index (κ1) is 16.8. The number of hydrogen-bond acceptors (Lipinski definition) is 5. The molecule has 1 amide bonds. The molecule has 26 heavy (non-hydrogen) atoms. The van der Waals surface area contributed by atoms with E-state index in [9.17, 15) is 4.79 Å². The van der Waals surface area contributed by atoms with Gasteiger partial charge in [0, 0.05) is 38.5 Å². The van der Waals surface area contributed by atoms with Gasteiger partial charge in [0.05, 0.1) is 11.9 Å². The topological polar surface area (TPSA) is 57.7 Å². The molecular weight excluding hydrogens is 328 g/mol. The van der Waals surface area contributed by atoms with Gasteiger partial charge in [-0.15, -0.1) is 0 Å². The molecule has 1 N–H and O–H groups in total. The minimum atomic E-state index is -0.319. The molecule has 1 atom stereocenters. The fourth-order valence-electron chi connectivity index (χ4n) is 3.49. The van der Waals surface area contributed by atoms with E-state index >= 15 is 0 Å². The summed E-state index contributed by atoms with van der Waals surface area (Å²) in [5, 5.41) is 2.89. The number of nitrogens with zero attached hydrogens (tertiary/aromatic N) is 3. The highest BCUT2D eigenvalue weighted by Crippen LogP contribution is 2.20. The van der Waals surface area contributed by atoms with Crippen molar-refractivity contribution < 1.29 is 9.53 Å². The lowest BCUT2D eigenvalue weighted by atomic mass is 10.2. The van der Waals surface area contributed by atoms with Crippen molar-refractivity contribution in [2.75, 3.05) is 47.9 Å². The monoisotopic (exact) mass is 352 g/mol. The molecular formula is C20H24N4O2. The van der Waals surface area contributed by atoms with Crippen LogP contribution in [-0.4, -0.2) is 49.8 Å². The number of pyridine rings is 1. The van der Waals surface area contributed by atoms with Crippen molar-refractivity contribution in [3.8, 4) is 0 Å². The zero-order valence-electron chi connectivity index (χ0n) is 14.8. The van der Waals surface area contributed by atoms with Crippen LogP contribution in [0, 0.1) is 0 Å². The molecule has 0 saturated carbocycles. The van der Waals surface area contributed by atoms with Crippen LogP contribution in [0.4, 0.5) is 17.2 Å². The molecule has 0 spiro atoms. The number of benzene rings is 1. The van der Waals surface area contributed by atoms with Crippen LogP contribution < -0.4 is 15.1 Å². The van der Waals surface area contributed by atoms with Crippen LogP contribution in [-0.2, 0) is 9.53 Å². The van der Waals surface area contributed by atoms with Crippen molar-refractivity contribution in [2.24, 2.45) is 0 Å². The number of anilines is 3. The average Bonchev–Trinajstić information content (AvgIpc) is 3.25. The number of rotatable bonds is 4. The van der Waals surface area contributed by atoms with Crippen LogP contribution in [0.15, 0.2) is 48.7 Å². The number of carbonyl (C=O) groups excluding carboxylic acids is 1. The van der Waals surface area contributed by atoms with E-state index in [1.165, 1.54) is 5.69 Å². The molecule has 2 saturated heterocycles. The first-order valence-corrected chi connectivity index (χ1v) is 9.23. The second kappa shape index (κ2) is 7.74. The number of carbonyl (C=O) groups is 1. The molecule has 4 rings (SSSR count). The van der Waals surface area contributed by atoms with Crippen LogP contribution >= 0.6 is 0 Å². The average molecular weight is 352 g/mol. The molecule has 136 valence electrons. The van der Waals surface area contributed by atoms with Crippen molar-refractivity contribution >= 4 is 23.1 Å². The Balaban J connectivity index is 1.32. The summed E-state index contributed by atoms with van der Waals surface area (Å²) in [6.45, 7) is 4.49. The summed E-state index contributed by atoms with van der Waals surface area (Å²) in [6, 6.07) is 14.4. The number of ether oxygens (including phenoxy) is 1. The van der Waals surface area contributed by atoms with E-state index < -0.39 is 0 Å². The predicted octanol–water partition coefficient (Wildman–Crippen LogP) is 2.53. The smallest absolute Gasteiger partial charge is 0.253 e. The van der Waals surface area contributed by atoms with Crippen molar-refractivity contribution in [1.29, 1.82) is 0 Å². The van der Waals surface area contributed by atoms with Gasteiger partial charge in [0.15, 0.2) is 0 Å². The predicted molar refractivity (Wildman–Crippen MR) is 103 cm³/mol. The second-order valence-corrected chi connectivity index (χ2v) is 6.71. The van der Waals surface area contributed by atoms with E-state index in [0.29, 0.717) is 6.61 Å². The summed E-state index contributed by atoms with van der Waals surface area (Å²) in [7, 11) is 0. The van der Waals surface area contributed by atoms with Crippen LogP contribution in [0.3, 0.4) is 0 Å². The molecule has 2 aliphatic heterocycles. The Morgan fingerprint density at radius 1 is 1.04 bits per heavy atom. The zero-order valence-corrected chi connectivity index (χ0v) is 14.8. The normalized spacial score (nSPS) is 20.2. The third-order valence-electron chi connectivity index (χ3n) is 4.96. The fraction of sp³-hybridized carbons (Fsp3) is 0.400. The van der Waals surface area contributed by atoms with Gasteiger partial charge in [0.1, 0.15) is 11.9 Å². The summed E-state index contributed by atoms with van der Waals surface area (Å²) < 4.78 is 5.41. The molecule has 1 aromatic heterocycles. The van der Waals surface area contributed by atoms with Gasteiger partial charge in [0.2, 0.25) is 0 Å². The van der Waals surface area contributed by atoms with E-state index in [0.717, 1.165) is 50.5 Å². The molecule has 6 nitrogen and oxygen atoms in total. The quantitative estimate of drug-likeness (QED) is 0.916. The standard InChI is InChI=1S/C20H24N4O2/c25-20(18-7-4-14-26-18)22-16-8-9-19(21-15-16)24-12-10-23(11-13-24)17-5-2-1-3-6-17/h1-3,5-6,8-9,15,18H,4,7,10-14H2,(H,22,25)/t18-/m0/s1. The van der Waals surface area contributed by atoms with Gasteiger partial charge in [-0.25, -0.2) is 4.98 Å². The number of para-hydroxylation sites is 1. The third kappa shape index (κ3) is 3.80. The lowest BCUT2D eigenvalue weighted by Gasteiger charge is -2.36. The van der Waals surface area contributed by atoms with Crippen LogP contribution in [0.25, 0.3) is 0 Å². The Bertz CT molecular complexity index is 721. The third-order valence-corrected chi connectivity index (χ3v) is 4.96. The molecule has 2 fully saturated rings. The van der Waals surface area contributed by atoms with E-state index in [1.807, 2.05) is 18.2 Å². The molecule has 2 aliphatic rings. The fourth-order valence-corrected chi connectivity index (χ4v) is 3.49. The summed E-state index contributed by atoms with van der Waals surface area (Å²) in [6.07, 6.45) is 3.15. The number of aromatic nitrogens is 1. The molecule has 0 unspecified atom stereocenters. The maximum atomic E-state index is 12.1. The molecule has 0 aliphatic carbocycles. The highest BCUT2D eigenvalue weighted by atomic mass is 16.5. The molecule has 3 heterocycles. The number of nitrogens with one attached hydrogen (secondary N) is 1. The molecule has 0 bridgehead atoms. The van der Waals surface area contributed by atoms with Gasteiger partial charge in [-0.3, -0.25) is 4.79 Å². The van der Waals surface area contributed by atoms with Crippen molar-refractivity contribution in [2.45, 2.75) is 18.9 Å². The molecule has 6 heteroatoms. The van der Waals surface area contributed by atoms with Gasteiger partial charge >= 0.3 is 0 Å². The summed E-state index contributed by atoms with van der Waals surface area (Å²) in [5.74, 6) is 0.876. The van der Waals surface area contributed by atoms with Gasteiger partial charge in [-0.1, -0.05) is 18.2 Å². The Labute approximate surface area is 153 Å². The van der Waals surface area contributed by atoms with E-state index in [-0.39, 0.29) is 12.0 Å². The molecule has 1 aromatic carbocycles. The lowest BCUT2D eigenvalue weighted by Crippen LogP contribution is -2.46. The summed E-state index contributed by atoms with van der Waals surface area (Å²) in [5.41, 5.74) is 1.99. The van der Waals surface area contributed by atoms with Crippen molar-refractivity contribution in [3.63, 3.8) is 0 Å². The second-order valence-electron chi connectivity index (χ2n) is 6.71. The highest BCUT2D eigenvalue weighted by Gasteiger charge is 2.24. The first-order chi connectivity index (χ1) is 12.8. The highest BCUT2D eigenvalue weighted by molar-refractivity contribution is 5.94. The number of hydrogen-bond donors (Lipinski definition) is 1. The molecule has 0 radical (unpaired) electrons. The lowest BCUT2D eigenvalue weighted by molar-refractivity contribution is -0.124. The van der Waals surface area contributed by atoms with E-state index in [4.69, 9.17) is 4.74 Å². The Kier molecular flexibility index (Phi) is 5.02. The van der Waals surface area contributed by atoms with Gasteiger partial charge in [-0.05, 0) is 37.1 Å². The maximum absolute atomic E-state index is 12.1. The van der Waals surface area contributed by atoms with E-state index in [2.05, 4.69) is 44.4 Å². The van der Waals surface area contributed by atoms with Crippen LogP contribution in [0.1, 0.15) is 12.8 Å². The molecule has 2 aromatic rings. The minimum Gasteiger partial charge on any atom is -0.368 e. The maximum Gasteiger partial charge on any atom is 0.253 e. The van der Waals surface area contributed by atoms with Crippen LogP contribution in [0.5, 0.6) is 0 Å². The summed E-state index contributed by atoms with van der Waals surface area (Å²) in [4.78, 5) is 21.3. The zero-order chi connectivity index (χ0) is 17.8. The van der Waals surface area contributed by atoms with Gasteiger partial charge < -0.3 is 19.9 Å². The number of amides is 1. The van der Waals surface area contributed by atoms with Crippen LogP contribution in [0.2, 0.25) is 0 Å². The number of piperazine rings is 1. The van der Waals surface area contributed by atoms with Gasteiger partial charge in [0.25, 0.3) is 5.91 Å².